The zero-order valence-electron chi connectivity index (χ0n) is 10.5. The van der Waals surface area contributed by atoms with Crippen LogP contribution in [0.4, 0.5) is 0 Å². The summed E-state index contributed by atoms with van der Waals surface area (Å²) in [6, 6.07) is 7.38. The average Bonchev–Trinajstić information content (AvgIpc) is 3.04. The summed E-state index contributed by atoms with van der Waals surface area (Å²) in [4.78, 5) is 14.9. The van der Waals surface area contributed by atoms with Gasteiger partial charge in [-0.05, 0) is 37.3 Å². The quantitative estimate of drug-likeness (QED) is 0.780. The summed E-state index contributed by atoms with van der Waals surface area (Å²) >= 11 is 7.38. The minimum absolute atomic E-state index is 0.0385. The predicted octanol–water partition coefficient (Wildman–Crippen LogP) is 4.06. The molecule has 0 aliphatic heterocycles. The summed E-state index contributed by atoms with van der Waals surface area (Å²) in [6.45, 7) is 3.18. The Morgan fingerprint density at radius 3 is 2.89 bits per heavy atom. The van der Waals surface area contributed by atoms with Crippen LogP contribution in [0.3, 0.4) is 0 Å². The lowest BCUT2D eigenvalue weighted by atomic mass is 10.3. The summed E-state index contributed by atoms with van der Waals surface area (Å²) in [7, 11) is 0. The van der Waals surface area contributed by atoms with E-state index in [2.05, 4.69) is 0 Å². The van der Waals surface area contributed by atoms with E-state index in [0.29, 0.717) is 18.8 Å². The van der Waals surface area contributed by atoms with E-state index in [1.807, 2.05) is 19.1 Å². The van der Waals surface area contributed by atoms with Crippen LogP contribution in [0, 0.1) is 0 Å². The second kappa shape index (κ2) is 6.59. The first-order valence-corrected chi connectivity index (χ1v) is 7.13. The molecule has 5 heteroatoms. The SMILES string of the molecule is CCN(Cc1ccc(Cl)s1)C(=O)/C=C/c1ccco1. The first-order valence-electron chi connectivity index (χ1n) is 5.93. The molecule has 0 saturated carbocycles. The van der Waals surface area contributed by atoms with Gasteiger partial charge in [-0.25, -0.2) is 0 Å². The smallest absolute Gasteiger partial charge is 0.247 e. The summed E-state index contributed by atoms with van der Waals surface area (Å²) in [5, 5.41) is 0. The van der Waals surface area contributed by atoms with Gasteiger partial charge in [0.2, 0.25) is 5.91 Å². The molecule has 0 N–H and O–H groups in total. The Hall–Kier alpha value is -1.52. The molecule has 0 radical (unpaired) electrons. The van der Waals surface area contributed by atoms with Gasteiger partial charge in [-0.2, -0.15) is 0 Å². The maximum Gasteiger partial charge on any atom is 0.247 e. The van der Waals surface area contributed by atoms with E-state index in [0.717, 1.165) is 9.21 Å². The number of hydrogen-bond acceptors (Lipinski definition) is 3. The highest BCUT2D eigenvalue weighted by Gasteiger charge is 2.10. The monoisotopic (exact) mass is 295 g/mol. The van der Waals surface area contributed by atoms with Crippen LogP contribution in [0.1, 0.15) is 17.6 Å². The lowest BCUT2D eigenvalue weighted by Gasteiger charge is -2.17. The molecule has 0 bridgehead atoms. The number of halogens is 1. The Labute approximate surface area is 121 Å². The van der Waals surface area contributed by atoms with Crippen LogP contribution in [0.15, 0.2) is 41.0 Å². The van der Waals surface area contributed by atoms with Crippen LogP contribution in [-0.2, 0) is 11.3 Å². The molecule has 2 rings (SSSR count). The molecule has 1 amide bonds. The largest absolute Gasteiger partial charge is 0.465 e. The van der Waals surface area contributed by atoms with Crippen molar-refractivity contribution in [1.29, 1.82) is 0 Å². The Morgan fingerprint density at radius 2 is 2.32 bits per heavy atom. The standard InChI is InChI=1S/C14H14ClNO2S/c1-2-16(10-12-6-7-13(15)19-12)14(17)8-5-11-4-3-9-18-11/h3-9H,2,10H2,1H3/b8-5+. The molecule has 0 aliphatic carbocycles. The molecule has 100 valence electrons. The first kappa shape index (κ1) is 13.9. The molecular formula is C14H14ClNO2S. The number of carbonyl (C=O) groups is 1. The molecule has 0 aliphatic rings. The molecule has 2 aromatic rings. The zero-order valence-corrected chi connectivity index (χ0v) is 12.1. The van der Waals surface area contributed by atoms with Crippen molar-refractivity contribution < 1.29 is 9.21 Å². The van der Waals surface area contributed by atoms with E-state index in [1.165, 1.54) is 17.4 Å². The normalized spacial score (nSPS) is 11.1. The molecular weight excluding hydrogens is 282 g/mol. The van der Waals surface area contributed by atoms with Crippen molar-refractivity contribution in [3.8, 4) is 0 Å². The number of furan rings is 1. The number of carbonyl (C=O) groups excluding carboxylic acids is 1. The lowest BCUT2D eigenvalue weighted by molar-refractivity contribution is -0.126. The molecule has 0 atom stereocenters. The van der Waals surface area contributed by atoms with E-state index in [-0.39, 0.29) is 5.91 Å². The van der Waals surface area contributed by atoms with Gasteiger partial charge < -0.3 is 9.32 Å². The van der Waals surface area contributed by atoms with Crippen molar-refractivity contribution in [3.63, 3.8) is 0 Å². The van der Waals surface area contributed by atoms with E-state index in [1.54, 1.807) is 29.4 Å². The van der Waals surface area contributed by atoms with E-state index in [4.69, 9.17) is 16.0 Å². The van der Waals surface area contributed by atoms with Crippen LogP contribution < -0.4 is 0 Å². The number of nitrogens with zero attached hydrogens (tertiary/aromatic N) is 1. The van der Waals surface area contributed by atoms with Gasteiger partial charge in [-0.15, -0.1) is 11.3 Å². The number of likely N-dealkylation sites (N-methyl/N-ethyl adjacent to an activating group) is 1. The van der Waals surface area contributed by atoms with Gasteiger partial charge in [0.25, 0.3) is 0 Å². The van der Waals surface area contributed by atoms with Crippen molar-refractivity contribution in [2.24, 2.45) is 0 Å². The molecule has 0 fully saturated rings. The van der Waals surface area contributed by atoms with Gasteiger partial charge >= 0.3 is 0 Å². The van der Waals surface area contributed by atoms with E-state index >= 15 is 0 Å². The van der Waals surface area contributed by atoms with Crippen LogP contribution in [-0.4, -0.2) is 17.4 Å². The minimum Gasteiger partial charge on any atom is -0.465 e. The van der Waals surface area contributed by atoms with Crippen molar-refractivity contribution in [3.05, 3.63) is 51.6 Å². The minimum atomic E-state index is -0.0385. The zero-order chi connectivity index (χ0) is 13.7. The molecule has 2 aromatic heterocycles. The molecule has 0 aromatic carbocycles. The highest BCUT2D eigenvalue weighted by molar-refractivity contribution is 7.16. The highest BCUT2D eigenvalue weighted by atomic mass is 35.5. The summed E-state index contributed by atoms with van der Waals surface area (Å²) < 4.78 is 5.89. The third kappa shape index (κ3) is 3.98. The summed E-state index contributed by atoms with van der Waals surface area (Å²) in [5.74, 6) is 0.631. The van der Waals surface area contributed by atoms with Gasteiger partial charge in [0.15, 0.2) is 0 Å². The molecule has 0 unspecified atom stereocenters. The fraction of sp³-hybridized carbons (Fsp3) is 0.214. The second-order valence-corrected chi connectivity index (χ2v) is 5.71. The van der Waals surface area contributed by atoms with Crippen molar-refractivity contribution >= 4 is 34.9 Å². The van der Waals surface area contributed by atoms with Crippen molar-refractivity contribution in [2.45, 2.75) is 13.5 Å². The second-order valence-electron chi connectivity index (χ2n) is 3.91. The van der Waals surface area contributed by atoms with Gasteiger partial charge in [0.05, 0.1) is 17.1 Å². The molecule has 19 heavy (non-hydrogen) atoms. The molecule has 0 spiro atoms. The lowest BCUT2D eigenvalue weighted by Crippen LogP contribution is -2.28. The Morgan fingerprint density at radius 1 is 1.47 bits per heavy atom. The average molecular weight is 296 g/mol. The fourth-order valence-electron chi connectivity index (χ4n) is 1.62. The van der Waals surface area contributed by atoms with Gasteiger partial charge in [0.1, 0.15) is 5.76 Å². The number of rotatable bonds is 5. The van der Waals surface area contributed by atoms with Crippen molar-refractivity contribution in [2.75, 3.05) is 6.54 Å². The Kier molecular flexibility index (Phi) is 4.82. The van der Waals surface area contributed by atoms with Crippen LogP contribution >= 0.6 is 22.9 Å². The maximum atomic E-state index is 12.0. The van der Waals surface area contributed by atoms with Crippen LogP contribution in [0.2, 0.25) is 4.34 Å². The third-order valence-corrected chi connectivity index (χ3v) is 3.82. The highest BCUT2D eigenvalue weighted by Crippen LogP contribution is 2.22. The molecule has 0 saturated heterocycles. The molecule has 2 heterocycles. The third-order valence-electron chi connectivity index (χ3n) is 2.60. The Bertz CT molecular complexity index is 560. The van der Waals surface area contributed by atoms with E-state index < -0.39 is 0 Å². The van der Waals surface area contributed by atoms with Crippen LogP contribution in [0.25, 0.3) is 6.08 Å². The van der Waals surface area contributed by atoms with E-state index in [9.17, 15) is 4.79 Å². The summed E-state index contributed by atoms with van der Waals surface area (Å²) in [5.41, 5.74) is 0. The van der Waals surface area contributed by atoms with Crippen LogP contribution in [0.5, 0.6) is 0 Å². The van der Waals surface area contributed by atoms with Gasteiger partial charge in [-0.1, -0.05) is 11.6 Å². The van der Waals surface area contributed by atoms with Gasteiger partial charge in [0, 0.05) is 17.5 Å². The predicted molar refractivity (Wildman–Crippen MR) is 78.2 cm³/mol. The first-order chi connectivity index (χ1) is 9.19. The topological polar surface area (TPSA) is 33.5 Å². The number of amides is 1. The fourth-order valence-corrected chi connectivity index (χ4v) is 2.72. The number of thiophene rings is 1. The van der Waals surface area contributed by atoms with Crippen molar-refractivity contribution in [1.82, 2.24) is 4.90 Å². The maximum absolute atomic E-state index is 12.0. The summed E-state index contributed by atoms with van der Waals surface area (Å²) in [6.07, 6.45) is 4.78. The van der Waals surface area contributed by atoms with Gasteiger partial charge in [-0.3, -0.25) is 4.79 Å². The number of hydrogen-bond donors (Lipinski definition) is 0. The molecule has 3 nitrogen and oxygen atoms in total. The Balaban J connectivity index is 1.99.